The van der Waals surface area contributed by atoms with E-state index in [-0.39, 0.29) is 0 Å². The van der Waals surface area contributed by atoms with Gasteiger partial charge in [0.15, 0.2) is 0 Å². The molecule has 1 heterocycles. The summed E-state index contributed by atoms with van der Waals surface area (Å²) >= 11 is 0. The number of anilines is 1. The number of aryl methyl sites for hydroxylation is 2. The third-order valence-corrected chi connectivity index (χ3v) is 4.79. The minimum absolute atomic E-state index is 0.301. The molecule has 3 heteroatoms. The molecule has 3 nitrogen and oxygen atoms in total. The Kier molecular flexibility index (Phi) is 5.52. The Hall–Kier alpha value is -2.29. The fraction of sp³-hybridized carbons (Fsp3) is 0.381. The molecule has 24 heavy (non-hydrogen) atoms. The normalized spacial score (nSPS) is 14.7. The van der Waals surface area contributed by atoms with E-state index in [0.717, 1.165) is 39.0 Å². The standard InChI is InChI=1S/C21H26N2O/c1-18-8-5-6-12-20(18)22-14-16-23(17-15-22)21(24)13-7-11-19-9-3-2-4-10-19/h2-6,8-10,12H,7,11,13-17H2,1H3. The lowest BCUT2D eigenvalue weighted by Gasteiger charge is -2.37. The molecule has 0 spiro atoms. The molecule has 1 aliphatic heterocycles. The second-order valence-electron chi connectivity index (χ2n) is 6.49. The largest absolute Gasteiger partial charge is 0.368 e. The Balaban J connectivity index is 1.44. The van der Waals surface area contributed by atoms with E-state index < -0.39 is 0 Å². The van der Waals surface area contributed by atoms with Crippen LogP contribution in [0.25, 0.3) is 0 Å². The highest BCUT2D eigenvalue weighted by Crippen LogP contribution is 2.21. The molecule has 0 bridgehead atoms. The second kappa shape index (κ2) is 8.00. The first kappa shape index (κ1) is 16.6. The summed E-state index contributed by atoms with van der Waals surface area (Å²) in [5.41, 5.74) is 3.92. The number of piperazine rings is 1. The van der Waals surface area contributed by atoms with Crippen LogP contribution in [0.5, 0.6) is 0 Å². The van der Waals surface area contributed by atoms with Gasteiger partial charge in [0.2, 0.25) is 5.91 Å². The molecule has 0 aliphatic carbocycles. The van der Waals surface area contributed by atoms with Crippen LogP contribution in [0.2, 0.25) is 0 Å². The lowest BCUT2D eigenvalue weighted by molar-refractivity contribution is -0.131. The summed E-state index contributed by atoms with van der Waals surface area (Å²) in [5.74, 6) is 0.301. The summed E-state index contributed by atoms with van der Waals surface area (Å²) in [6.45, 7) is 5.66. The summed E-state index contributed by atoms with van der Waals surface area (Å²) in [6.07, 6.45) is 2.57. The number of benzene rings is 2. The molecule has 3 rings (SSSR count). The molecule has 0 aromatic heterocycles. The van der Waals surface area contributed by atoms with Crippen LogP contribution in [-0.4, -0.2) is 37.0 Å². The summed E-state index contributed by atoms with van der Waals surface area (Å²) in [4.78, 5) is 16.8. The summed E-state index contributed by atoms with van der Waals surface area (Å²) in [5, 5.41) is 0. The van der Waals surface area contributed by atoms with Crippen LogP contribution < -0.4 is 4.90 Å². The first-order valence-electron chi connectivity index (χ1n) is 8.86. The van der Waals surface area contributed by atoms with Gasteiger partial charge in [0.05, 0.1) is 0 Å². The van der Waals surface area contributed by atoms with E-state index in [2.05, 4.69) is 60.4 Å². The fourth-order valence-corrected chi connectivity index (χ4v) is 3.36. The number of hydrogen-bond donors (Lipinski definition) is 0. The second-order valence-corrected chi connectivity index (χ2v) is 6.49. The smallest absolute Gasteiger partial charge is 0.222 e. The maximum absolute atomic E-state index is 12.4. The molecule has 0 atom stereocenters. The highest BCUT2D eigenvalue weighted by atomic mass is 16.2. The Morgan fingerprint density at radius 1 is 0.917 bits per heavy atom. The van der Waals surface area contributed by atoms with E-state index in [4.69, 9.17) is 0 Å². The molecular weight excluding hydrogens is 296 g/mol. The zero-order chi connectivity index (χ0) is 16.8. The van der Waals surface area contributed by atoms with Gasteiger partial charge < -0.3 is 9.80 Å². The van der Waals surface area contributed by atoms with E-state index in [1.807, 2.05) is 11.0 Å². The summed E-state index contributed by atoms with van der Waals surface area (Å²) in [6, 6.07) is 18.9. The molecule has 126 valence electrons. The quantitative estimate of drug-likeness (QED) is 0.838. The SMILES string of the molecule is Cc1ccccc1N1CCN(C(=O)CCCc2ccccc2)CC1. The third kappa shape index (κ3) is 4.16. The average molecular weight is 322 g/mol. The van der Waals surface area contributed by atoms with Gasteiger partial charge in [-0.15, -0.1) is 0 Å². The molecule has 0 N–H and O–H groups in total. The predicted octanol–water partition coefficient (Wildman–Crippen LogP) is 3.67. The Morgan fingerprint density at radius 2 is 1.58 bits per heavy atom. The number of amides is 1. The van der Waals surface area contributed by atoms with E-state index in [1.165, 1.54) is 16.8 Å². The molecule has 0 unspecified atom stereocenters. The molecule has 2 aromatic carbocycles. The maximum atomic E-state index is 12.4. The third-order valence-electron chi connectivity index (χ3n) is 4.79. The first-order chi connectivity index (χ1) is 11.7. The number of para-hydroxylation sites is 1. The Morgan fingerprint density at radius 3 is 2.29 bits per heavy atom. The van der Waals surface area contributed by atoms with E-state index in [0.29, 0.717) is 12.3 Å². The first-order valence-corrected chi connectivity index (χ1v) is 8.86. The van der Waals surface area contributed by atoms with Gasteiger partial charge in [-0.05, 0) is 37.0 Å². The molecule has 1 fully saturated rings. The van der Waals surface area contributed by atoms with Gasteiger partial charge in [-0.2, -0.15) is 0 Å². The van der Waals surface area contributed by atoms with Crippen molar-refractivity contribution < 1.29 is 4.79 Å². The van der Waals surface area contributed by atoms with E-state index in [9.17, 15) is 4.79 Å². The van der Waals surface area contributed by atoms with Gasteiger partial charge in [0.1, 0.15) is 0 Å². The Bertz CT molecular complexity index is 661. The molecule has 1 aliphatic rings. The lowest BCUT2D eigenvalue weighted by atomic mass is 10.1. The monoisotopic (exact) mass is 322 g/mol. The van der Waals surface area contributed by atoms with Crippen molar-refractivity contribution in [3.63, 3.8) is 0 Å². The lowest BCUT2D eigenvalue weighted by Crippen LogP contribution is -2.49. The number of hydrogen-bond acceptors (Lipinski definition) is 2. The molecule has 0 radical (unpaired) electrons. The molecule has 2 aromatic rings. The highest BCUT2D eigenvalue weighted by molar-refractivity contribution is 5.76. The minimum Gasteiger partial charge on any atom is -0.368 e. The van der Waals surface area contributed by atoms with Crippen molar-refractivity contribution >= 4 is 11.6 Å². The minimum atomic E-state index is 0.301. The van der Waals surface area contributed by atoms with Crippen LogP contribution in [0.4, 0.5) is 5.69 Å². The number of rotatable bonds is 5. The Labute approximate surface area is 144 Å². The zero-order valence-corrected chi connectivity index (χ0v) is 14.4. The van der Waals surface area contributed by atoms with Crippen molar-refractivity contribution in [2.75, 3.05) is 31.1 Å². The van der Waals surface area contributed by atoms with Crippen LogP contribution in [0.3, 0.4) is 0 Å². The fourth-order valence-electron chi connectivity index (χ4n) is 3.36. The number of nitrogens with zero attached hydrogens (tertiary/aromatic N) is 2. The van der Waals surface area contributed by atoms with Gasteiger partial charge in [0, 0.05) is 38.3 Å². The van der Waals surface area contributed by atoms with Crippen molar-refractivity contribution in [3.05, 3.63) is 65.7 Å². The number of carbonyl (C=O) groups is 1. The predicted molar refractivity (Wildman–Crippen MR) is 99.4 cm³/mol. The van der Waals surface area contributed by atoms with Crippen molar-refractivity contribution in [2.45, 2.75) is 26.2 Å². The molecule has 1 saturated heterocycles. The van der Waals surface area contributed by atoms with Crippen molar-refractivity contribution in [2.24, 2.45) is 0 Å². The van der Waals surface area contributed by atoms with Gasteiger partial charge in [0.25, 0.3) is 0 Å². The highest BCUT2D eigenvalue weighted by Gasteiger charge is 2.21. The van der Waals surface area contributed by atoms with Crippen molar-refractivity contribution in [3.8, 4) is 0 Å². The average Bonchev–Trinajstić information content (AvgIpc) is 2.63. The van der Waals surface area contributed by atoms with Crippen molar-refractivity contribution in [1.29, 1.82) is 0 Å². The van der Waals surface area contributed by atoms with Crippen LogP contribution in [-0.2, 0) is 11.2 Å². The van der Waals surface area contributed by atoms with Gasteiger partial charge in [-0.25, -0.2) is 0 Å². The van der Waals surface area contributed by atoms with Crippen molar-refractivity contribution in [1.82, 2.24) is 4.90 Å². The van der Waals surface area contributed by atoms with Crippen LogP contribution in [0.15, 0.2) is 54.6 Å². The van der Waals surface area contributed by atoms with E-state index >= 15 is 0 Å². The van der Waals surface area contributed by atoms with Crippen LogP contribution in [0, 0.1) is 6.92 Å². The van der Waals surface area contributed by atoms with Gasteiger partial charge >= 0.3 is 0 Å². The van der Waals surface area contributed by atoms with Gasteiger partial charge in [-0.3, -0.25) is 4.79 Å². The maximum Gasteiger partial charge on any atom is 0.222 e. The summed E-state index contributed by atoms with van der Waals surface area (Å²) < 4.78 is 0. The number of carbonyl (C=O) groups excluding carboxylic acids is 1. The van der Waals surface area contributed by atoms with Crippen LogP contribution in [0.1, 0.15) is 24.0 Å². The topological polar surface area (TPSA) is 23.6 Å². The van der Waals surface area contributed by atoms with E-state index in [1.54, 1.807) is 0 Å². The summed E-state index contributed by atoms with van der Waals surface area (Å²) in [7, 11) is 0. The zero-order valence-electron chi connectivity index (χ0n) is 14.4. The van der Waals surface area contributed by atoms with Gasteiger partial charge in [-0.1, -0.05) is 48.5 Å². The molecule has 1 amide bonds. The van der Waals surface area contributed by atoms with Crippen LogP contribution >= 0.6 is 0 Å². The molecule has 0 saturated carbocycles. The molecular formula is C21H26N2O.